The summed E-state index contributed by atoms with van der Waals surface area (Å²) >= 11 is 1.54. The molecule has 1 heterocycles. The van der Waals surface area contributed by atoms with E-state index in [1.54, 1.807) is 13.3 Å². The molecular formula is C14H22N2O3S2. The van der Waals surface area contributed by atoms with Gasteiger partial charge in [-0.15, -0.1) is 11.3 Å². The van der Waals surface area contributed by atoms with Gasteiger partial charge >= 0.3 is 0 Å². The van der Waals surface area contributed by atoms with Crippen LogP contribution in [0.1, 0.15) is 44.0 Å². The van der Waals surface area contributed by atoms with Crippen molar-refractivity contribution in [2.45, 2.75) is 49.3 Å². The molecule has 0 aromatic carbocycles. The molecule has 0 unspecified atom stereocenters. The third-order valence-corrected chi connectivity index (χ3v) is 8.34. The van der Waals surface area contributed by atoms with Crippen molar-refractivity contribution >= 4 is 21.4 Å². The SMILES string of the molecule is COC[C@]1(S(=O)(=O)NC2(c3nccs3)CCCC2)C[C@@H]1C. The summed E-state index contributed by atoms with van der Waals surface area (Å²) in [4.78, 5) is 4.38. The van der Waals surface area contributed by atoms with Crippen LogP contribution in [0, 0.1) is 5.92 Å². The second kappa shape index (κ2) is 5.30. The molecule has 21 heavy (non-hydrogen) atoms. The molecule has 0 aliphatic heterocycles. The minimum Gasteiger partial charge on any atom is -0.383 e. The zero-order valence-corrected chi connectivity index (χ0v) is 14.1. The number of methoxy groups -OCH3 is 1. The van der Waals surface area contributed by atoms with Crippen LogP contribution in [-0.4, -0.2) is 31.9 Å². The Bertz CT molecular complexity index is 594. The van der Waals surface area contributed by atoms with Gasteiger partial charge in [-0.25, -0.2) is 18.1 Å². The van der Waals surface area contributed by atoms with Gasteiger partial charge in [0.1, 0.15) is 9.75 Å². The number of nitrogens with one attached hydrogen (secondary N) is 1. The van der Waals surface area contributed by atoms with Crippen molar-refractivity contribution in [3.63, 3.8) is 0 Å². The Hall–Kier alpha value is -0.500. The van der Waals surface area contributed by atoms with Gasteiger partial charge in [0.15, 0.2) is 0 Å². The van der Waals surface area contributed by atoms with Gasteiger partial charge < -0.3 is 4.74 Å². The third-order valence-electron chi connectivity index (χ3n) is 4.94. The molecule has 1 N–H and O–H groups in total. The van der Waals surface area contributed by atoms with Gasteiger partial charge in [-0.3, -0.25) is 0 Å². The van der Waals surface area contributed by atoms with E-state index in [0.29, 0.717) is 6.42 Å². The van der Waals surface area contributed by atoms with Gasteiger partial charge in [-0.1, -0.05) is 19.8 Å². The Kier molecular flexibility index (Phi) is 3.88. The number of sulfonamides is 1. The first-order valence-corrected chi connectivity index (χ1v) is 9.74. The Labute approximate surface area is 130 Å². The minimum absolute atomic E-state index is 0.143. The molecule has 1 aromatic rings. The van der Waals surface area contributed by atoms with Gasteiger partial charge in [0.2, 0.25) is 10.0 Å². The molecular weight excluding hydrogens is 308 g/mol. The van der Waals surface area contributed by atoms with Crippen molar-refractivity contribution in [2.24, 2.45) is 5.92 Å². The summed E-state index contributed by atoms with van der Waals surface area (Å²) in [5, 5.41) is 2.80. The maximum Gasteiger partial charge on any atom is 0.220 e. The first-order valence-electron chi connectivity index (χ1n) is 7.38. The molecule has 7 heteroatoms. The van der Waals surface area contributed by atoms with E-state index < -0.39 is 20.3 Å². The fourth-order valence-corrected chi connectivity index (χ4v) is 6.72. The number of hydrogen-bond donors (Lipinski definition) is 1. The first-order chi connectivity index (χ1) is 9.96. The van der Waals surface area contributed by atoms with Gasteiger partial charge in [0, 0.05) is 18.7 Å². The fraction of sp³-hybridized carbons (Fsp3) is 0.786. The van der Waals surface area contributed by atoms with Crippen LogP contribution < -0.4 is 4.72 Å². The summed E-state index contributed by atoms with van der Waals surface area (Å²) in [5.41, 5.74) is -0.504. The van der Waals surface area contributed by atoms with Crippen molar-refractivity contribution in [2.75, 3.05) is 13.7 Å². The summed E-state index contributed by atoms with van der Waals surface area (Å²) in [7, 11) is -1.87. The van der Waals surface area contributed by atoms with Crippen molar-refractivity contribution in [1.82, 2.24) is 9.71 Å². The van der Waals surface area contributed by atoms with E-state index in [1.165, 1.54) is 11.3 Å². The maximum absolute atomic E-state index is 13.0. The normalized spacial score (nSPS) is 31.4. The van der Waals surface area contributed by atoms with Gasteiger partial charge in [-0.2, -0.15) is 0 Å². The Morgan fingerprint density at radius 1 is 1.48 bits per heavy atom. The van der Waals surface area contributed by atoms with Crippen molar-refractivity contribution in [3.8, 4) is 0 Å². The predicted octanol–water partition coefficient (Wildman–Crippen LogP) is 2.26. The topological polar surface area (TPSA) is 68.3 Å². The van der Waals surface area contributed by atoms with Crippen LogP contribution in [-0.2, 0) is 20.3 Å². The molecule has 0 spiro atoms. The van der Waals surface area contributed by atoms with Crippen LogP contribution in [0.15, 0.2) is 11.6 Å². The average molecular weight is 330 g/mol. The molecule has 0 bridgehead atoms. The molecule has 0 amide bonds. The van der Waals surface area contributed by atoms with Gasteiger partial charge in [0.05, 0.1) is 12.1 Å². The Balaban J connectivity index is 1.90. The number of rotatable bonds is 6. The molecule has 5 nitrogen and oxygen atoms in total. The summed E-state index contributed by atoms with van der Waals surface area (Å²) in [6, 6.07) is 0. The van der Waals surface area contributed by atoms with Crippen LogP contribution in [0.4, 0.5) is 0 Å². The molecule has 0 saturated heterocycles. The van der Waals surface area contributed by atoms with E-state index in [1.807, 2.05) is 12.3 Å². The second-order valence-electron chi connectivity index (χ2n) is 6.33. The van der Waals surface area contributed by atoms with Crippen LogP contribution in [0.25, 0.3) is 0 Å². The number of hydrogen-bond acceptors (Lipinski definition) is 5. The van der Waals surface area contributed by atoms with Crippen molar-refractivity contribution in [1.29, 1.82) is 0 Å². The van der Waals surface area contributed by atoms with E-state index in [-0.39, 0.29) is 12.5 Å². The molecule has 2 saturated carbocycles. The number of ether oxygens (including phenoxy) is 1. The molecule has 2 fully saturated rings. The molecule has 2 atom stereocenters. The summed E-state index contributed by atoms with van der Waals surface area (Å²) in [6.07, 6.45) is 6.15. The lowest BCUT2D eigenvalue weighted by molar-refractivity contribution is 0.187. The van der Waals surface area contributed by atoms with E-state index in [2.05, 4.69) is 9.71 Å². The Morgan fingerprint density at radius 3 is 2.62 bits per heavy atom. The minimum atomic E-state index is -3.44. The largest absolute Gasteiger partial charge is 0.383 e. The highest BCUT2D eigenvalue weighted by atomic mass is 32.2. The van der Waals surface area contributed by atoms with Crippen LogP contribution in [0.5, 0.6) is 0 Å². The summed E-state index contributed by atoms with van der Waals surface area (Å²) in [6.45, 7) is 2.24. The van der Waals surface area contributed by atoms with Crippen LogP contribution in [0.2, 0.25) is 0 Å². The lowest BCUT2D eigenvalue weighted by Crippen LogP contribution is -2.50. The molecule has 2 aliphatic carbocycles. The van der Waals surface area contributed by atoms with E-state index in [0.717, 1.165) is 30.7 Å². The third kappa shape index (κ3) is 2.44. The lowest BCUT2D eigenvalue weighted by atomic mass is 10.0. The lowest BCUT2D eigenvalue weighted by Gasteiger charge is -2.30. The van der Waals surface area contributed by atoms with Crippen molar-refractivity contribution in [3.05, 3.63) is 16.6 Å². The standard InChI is InChI=1S/C14H22N2O3S2/c1-11-9-14(11,10-19-2)21(17,18)16-13(5-3-4-6-13)12-15-7-8-20-12/h7-8,11,16H,3-6,9-10H2,1-2H3/t11-,14+/m0/s1. The smallest absolute Gasteiger partial charge is 0.220 e. The number of aromatic nitrogens is 1. The van der Waals surface area contributed by atoms with Crippen LogP contribution in [0.3, 0.4) is 0 Å². The van der Waals surface area contributed by atoms with Gasteiger partial charge in [-0.05, 0) is 25.2 Å². The molecule has 2 aliphatic rings. The molecule has 3 rings (SSSR count). The summed E-state index contributed by atoms with van der Waals surface area (Å²) in [5.74, 6) is 0.143. The number of thiazole rings is 1. The number of nitrogens with zero attached hydrogens (tertiary/aromatic N) is 1. The predicted molar refractivity (Wildman–Crippen MR) is 82.7 cm³/mol. The zero-order chi connectivity index (χ0) is 15.1. The first kappa shape index (κ1) is 15.4. The van der Waals surface area contributed by atoms with Gasteiger partial charge in [0.25, 0.3) is 0 Å². The second-order valence-corrected chi connectivity index (χ2v) is 9.25. The fourth-order valence-electron chi connectivity index (χ4n) is 3.51. The van der Waals surface area contributed by atoms with E-state index >= 15 is 0 Å². The molecule has 1 aromatic heterocycles. The highest BCUT2D eigenvalue weighted by molar-refractivity contribution is 7.91. The Morgan fingerprint density at radius 2 is 2.14 bits per heavy atom. The summed E-state index contributed by atoms with van der Waals surface area (Å²) < 4.78 is 33.4. The van der Waals surface area contributed by atoms with Crippen molar-refractivity contribution < 1.29 is 13.2 Å². The zero-order valence-electron chi connectivity index (χ0n) is 12.5. The molecule has 0 radical (unpaired) electrons. The maximum atomic E-state index is 13.0. The monoisotopic (exact) mass is 330 g/mol. The molecule has 118 valence electrons. The highest BCUT2D eigenvalue weighted by Gasteiger charge is 2.63. The average Bonchev–Trinajstić information content (AvgIpc) is 2.89. The quantitative estimate of drug-likeness (QED) is 0.869. The van der Waals surface area contributed by atoms with E-state index in [4.69, 9.17) is 4.74 Å². The van der Waals surface area contributed by atoms with Crippen LogP contribution >= 0.6 is 11.3 Å². The van der Waals surface area contributed by atoms with E-state index in [9.17, 15) is 8.42 Å². The highest BCUT2D eigenvalue weighted by Crippen LogP contribution is 2.51.